The quantitative estimate of drug-likeness (QED) is 0.154. The lowest BCUT2D eigenvalue weighted by molar-refractivity contribution is 0.157. The van der Waals surface area contributed by atoms with E-state index in [1.807, 2.05) is 0 Å². The predicted octanol–water partition coefficient (Wildman–Crippen LogP) is 10.7. The van der Waals surface area contributed by atoms with Crippen molar-refractivity contribution < 1.29 is 5.11 Å². The number of aliphatic hydroxyl groups is 1. The van der Waals surface area contributed by atoms with Gasteiger partial charge in [0.1, 0.15) is 0 Å². The highest BCUT2D eigenvalue weighted by molar-refractivity contribution is 6.29. The van der Waals surface area contributed by atoms with Crippen molar-refractivity contribution in [1.82, 2.24) is 0 Å². The number of hydrogen-bond donors (Lipinski definition) is 1. The zero-order chi connectivity index (χ0) is 27.1. The summed E-state index contributed by atoms with van der Waals surface area (Å²) in [5, 5.41) is 29.1. The van der Waals surface area contributed by atoms with Crippen molar-refractivity contribution in [2.75, 3.05) is 0 Å². The van der Waals surface area contributed by atoms with Crippen LogP contribution in [0.2, 0.25) is 0 Å². The molecule has 9 aromatic carbocycles. The van der Waals surface area contributed by atoms with Crippen LogP contribution in [-0.2, 0) is 6.42 Å². The minimum atomic E-state index is -0.296. The van der Waals surface area contributed by atoms with E-state index in [0.29, 0.717) is 0 Å². The average Bonchev–Trinajstić information content (AvgIpc) is 3.03. The number of hydrogen-bond acceptors (Lipinski definition) is 1. The van der Waals surface area contributed by atoms with E-state index in [4.69, 9.17) is 0 Å². The molecule has 0 radical (unpaired) electrons. The average molecular weight is 525 g/mol. The monoisotopic (exact) mass is 524 g/mol. The van der Waals surface area contributed by atoms with E-state index in [0.717, 1.165) is 24.8 Å². The van der Waals surface area contributed by atoms with Gasteiger partial charge in [0.05, 0.1) is 6.10 Å². The maximum atomic E-state index is 10.3. The molecule has 1 heteroatoms. The Morgan fingerprint density at radius 2 is 0.976 bits per heavy atom. The molecule has 1 aliphatic rings. The molecule has 0 amide bonds. The van der Waals surface area contributed by atoms with Crippen LogP contribution in [0.15, 0.2) is 121 Å². The summed E-state index contributed by atoms with van der Waals surface area (Å²) >= 11 is 0. The summed E-state index contributed by atoms with van der Waals surface area (Å²) < 4.78 is 0. The van der Waals surface area contributed by atoms with Gasteiger partial charge in [0.25, 0.3) is 0 Å². The van der Waals surface area contributed by atoms with Crippen LogP contribution in [0.3, 0.4) is 0 Å². The van der Waals surface area contributed by atoms with E-state index in [-0.39, 0.29) is 6.10 Å². The van der Waals surface area contributed by atoms with Crippen molar-refractivity contribution in [1.29, 1.82) is 0 Å². The Bertz CT molecular complexity index is 2380. The first-order chi connectivity index (χ1) is 20.2. The molecule has 0 saturated heterocycles. The Morgan fingerprint density at radius 3 is 1.68 bits per heavy atom. The fourth-order valence-corrected chi connectivity index (χ4v) is 7.58. The normalized spacial score (nSPS) is 15.4. The van der Waals surface area contributed by atoms with Crippen molar-refractivity contribution in [3.63, 3.8) is 0 Å². The van der Waals surface area contributed by atoms with Gasteiger partial charge >= 0.3 is 0 Å². The molecule has 1 aliphatic carbocycles. The first-order valence-electron chi connectivity index (χ1n) is 14.7. The summed E-state index contributed by atoms with van der Waals surface area (Å²) in [5.74, 6) is 0. The summed E-state index contributed by atoms with van der Waals surface area (Å²) in [6, 6.07) is 44.1. The van der Waals surface area contributed by atoms with Crippen molar-refractivity contribution in [2.24, 2.45) is 0 Å². The number of fused-ring (bicyclic) bond motifs is 4. The van der Waals surface area contributed by atoms with E-state index in [1.54, 1.807) is 0 Å². The van der Waals surface area contributed by atoms with Gasteiger partial charge in [-0.25, -0.2) is 0 Å². The van der Waals surface area contributed by atoms with E-state index in [1.165, 1.54) is 81.0 Å². The highest BCUT2D eigenvalue weighted by atomic mass is 16.3. The zero-order valence-corrected chi connectivity index (χ0v) is 22.7. The standard InChI is InChI=1S/C20H16O.C20H12/c21-18-6-2-5-15-16-10-9-13-4-1-3-12-7-8-14(11-17(15)18)20(16)19(12)13;1-2-7-17-15(4-1)12-16-9-8-13-5-3-6-14-10-11-18(17)20(16)19(13)14/h1,3-4,7-11,18,21H,2,5-6H2;1-12H. The Morgan fingerprint density at radius 1 is 0.439 bits per heavy atom. The van der Waals surface area contributed by atoms with Gasteiger partial charge in [0, 0.05) is 0 Å². The molecule has 0 aliphatic heterocycles. The molecule has 1 nitrogen and oxygen atoms in total. The predicted molar refractivity (Wildman–Crippen MR) is 176 cm³/mol. The van der Waals surface area contributed by atoms with Gasteiger partial charge in [-0.2, -0.15) is 0 Å². The van der Waals surface area contributed by atoms with Crippen molar-refractivity contribution in [2.45, 2.75) is 25.4 Å². The maximum Gasteiger partial charge on any atom is 0.0793 e. The van der Waals surface area contributed by atoms with Crippen LogP contribution >= 0.6 is 0 Å². The second-order valence-electron chi connectivity index (χ2n) is 11.7. The summed E-state index contributed by atoms with van der Waals surface area (Å²) in [5.41, 5.74) is 2.51. The second-order valence-corrected chi connectivity index (χ2v) is 11.7. The summed E-state index contributed by atoms with van der Waals surface area (Å²) in [7, 11) is 0. The molecule has 194 valence electrons. The van der Waals surface area contributed by atoms with Gasteiger partial charge in [-0.1, -0.05) is 109 Å². The van der Waals surface area contributed by atoms with Crippen LogP contribution in [0, 0.1) is 0 Å². The van der Waals surface area contributed by atoms with Crippen molar-refractivity contribution in [3.05, 3.63) is 132 Å². The van der Waals surface area contributed by atoms with Crippen molar-refractivity contribution >= 4 is 75.4 Å². The van der Waals surface area contributed by atoms with E-state index in [2.05, 4.69) is 121 Å². The molecule has 10 rings (SSSR count). The van der Waals surface area contributed by atoms with Gasteiger partial charge in [-0.05, 0) is 118 Å². The van der Waals surface area contributed by atoms with Crippen molar-refractivity contribution in [3.8, 4) is 0 Å². The third-order valence-electron chi connectivity index (χ3n) is 9.43. The molecule has 1 atom stereocenters. The third-order valence-corrected chi connectivity index (χ3v) is 9.43. The highest BCUT2D eigenvalue weighted by Crippen LogP contribution is 2.42. The first kappa shape index (κ1) is 23.0. The second kappa shape index (κ2) is 8.64. The Hall–Kier alpha value is -4.72. The Balaban J connectivity index is 0.000000117. The largest absolute Gasteiger partial charge is 0.388 e. The van der Waals surface area contributed by atoms with Crippen LogP contribution in [-0.4, -0.2) is 5.11 Å². The van der Waals surface area contributed by atoms with Crippen LogP contribution < -0.4 is 0 Å². The van der Waals surface area contributed by atoms with E-state index in [9.17, 15) is 5.11 Å². The van der Waals surface area contributed by atoms with Crippen LogP contribution in [0.4, 0.5) is 0 Å². The molecular weight excluding hydrogens is 496 g/mol. The fourth-order valence-electron chi connectivity index (χ4n) is 7.58. The Kier molecular flexibility index (Phi) is 4.85. The smallest absolute Gasteiger partial charge is 0.0793 e. The number of benzene rings is 9. The lowest BCUT2D eigenvalue weighted by Crippen LogP contribution is -2.09. The lowest BCUT2D eigenvalue weighted by atomic mass is 9.82. The molecular formula is C40H28O. The molecule has 9 aromatic rings. The minimum Gasteiger partial charge on any atom is -0.388 e. The molecule has 0 fully saturated rings. The highest BCUT2D eigenvalue weighted by Gasteiger charge is 2.22. The molecule has 41 heavy (non-hydrogen) atoms. The molecule has 0 aromatic heterocycles. The number of aliphatic hydroxyl groups excluding tert-OH is 1. The molecule has 0 bridgehead atoms. The maximum absolute atomic E-state index is 10.3. The van der Waals surface area contributed by atoms with E-state index < -0.39 is 0 Å². The van der Waals surface area contributed by atoms with Gasteiger partial charge in [-0.3, -0.25) is 0 Å². The van der Waals surface area contributed by atoms with Gasteiger partial charge in [0.15, 0.2) is 0 Å². The summed E-state index contributed by atoms with van der Waals surface area (Å²) in [4.78, 5) is 0. The molecule has 0 spiro atoms. The van der Waals surface area contributed by atoms with Gasteiger partial charge in [-0.15, -0.1) is 0 Å². The fraction of sp³-hybridized carbons (Fsp3) is 0.100. The first-order valence-corrected chi connectivity index (χ1v) is 14.7. The Labute approximate surface area is 237 Å². The topological polar surface area (TPSA) is 20.2 Å². The minimum absolute atomic E-state index is 0.296. The SMILES string of the molecule is OC1CCCc2c1cc1ccc3cccc4ccc2c1c34.c1ccc2c(c1)cc1ccc3cccc4ccc2c1c34. The van der Waals surface area contributed by atoms with Gasteiger partial charge < -0.3 is 5.11 Å². The molecule has 1 N–H and O–H groups in total. The molecule has 0 heterocycles. The zero-order valence-electron chi connectivity index (χ0n) is 22.7. The summed E-state index contributed by atoms with van der Waals surface area (Å²) in [6.45, 7) is 0. The molecule has 1 unspecified atom stereocenters. The van der Waals surface area contributed by atoms with Crippen LogP contribution in [0.25, 0.3) is 75.4 Å². The number of rotatable bonds is 0. The van der Waals surface area contributed by atoms with Crippen LogP contribution in [0.5, 0.6) is 0 Å². The summed E-state index contributed by atoms with van der Waals surface area (Å²) in [6.07, 6.45) is 2.76. The lowest BCUT2D eigenvalue weighted by Gasteiger charge is -2.24. The van der Waals surface area contributed by atoms with E-state index >= 15 is 0 Å². The van der Waals surface area contributed by atoms with Crippen LogP contribution in [0.1, 0.15) is 30.1 Å². The van der Waals surface area contributed by atoms with Gasteiger partial charge in [0.2, 0.25) is 0 Å². The molecule has 0 saturated carbocycles. The number of aryl methyl sites for hydroxylation is 1. The third kappa shape index (κ3) is 3.33.